The Morgan fingerprint density at radius 3 is 2.89 bits per heavy atom. The van der Waals surface area contributed by atoms with Gasteiger partial charge in [0.1, 0.15) is 0 Å². The largest absolute Gasteiger partial charge is 0.325 e. The topological polar surface area (TPSA) is 108 Å². The second-order valence-electron chi connectivity index (χ2n) is 5.36. The zero-order chi connectivity index (χ0) is 19.1. The molecule has 27 heavy (non-hydrogen) atoms. The van der Waals surface area contributed by atoms with Crippen molar-refractivity contribution >= 4 is 46.6 Å². The smallest absolute Gasteiger partial charge is 0.240 e. The van der Waals surface area contributed by atoms with Gasteiger partial charge in [0, 0.05) is 28.7 Å². The molecule has 0 aliphatic carbocycles. The minimum absolute atomic E-state index is 0.170. The van der Waals surface area contributed by atoms with Crippen molar-refractivity contribution in [1.29, 1.82) is 0 Å². The molecule has 8 nitrogen and oxygen atoms in total. The molecular weight excluding hydrogens is 386 g/mol. The average Bonchev–Trinajstić information content (AvgIpc) is 3.13. The molecule has 0 aliphatic rings. The standard InChI is InChI=1S/C17H16ClN7OS/c1-11(12-5-7-19-8-6-12)22-23-16-21-17(25-24-16)27-10-15(26)20-14-4-2-3-13(18)9-14/h2-9H,10H2,1H3,(H,20,26)(H2,21,23,24,25)/b22-11+. The number of aromatic amines is 1. The Hall–Kier alpha value is -2.91. The highest BCUT2D eigenvalue weighted by Gasteiger charge is 2.08. The van der Waals surface area contributed by atoms with Gasteiger partial charge in [0.15, 0.2) is 0 Å². The van der Waals surface area contributed by atoms with Gasteiger partial charge < -0.3 is 5.32 Å². The van der Waals surface area contributed by atoms with E-state index in [4.69, 9.17) is 11.6 Å². The number of nitrogens with zero attached hydrogens (tertiary/aromatic N) is 4. The normalized spacial score (nSPS) is 11.3. The second kappa shape index (κ2) is 9.15. The summed E-state index contributed by atoms with van der Waals surface area (Å²) in [4.78, 5) is 20.2. The fourth-order valence-electron chi connectivity index (χ4n) is 2.05. The number of H-pyrrole nitrogens is 1. The minimum Gasteiger partial charge on any atom is -0.325 e. The number of hydrogen-bond acceptors (Lipinski definition) is 7. The zero-order valence-electron chi connectivity index (χ0n) is 14.3. The lowest BCUT2D eigenvalue weighted by Crippen LogP contribution is -2.14. The number of halogens is 1. The van der Waals surface area contributed by atoms with Gasteiger partial charge in [0.2, 0.25) is 17.0 Å². The molecular formula is C17H16ClN7OS. The van der Waals surface area contributed by atoms with Crippen molar-refractivity contribution in [1.82, 2.24) is 20.2 Å². The molecule has 0 fully saturated rings. The molecule has 3 rings (SSSR count). The third kappa shape index (κ3) is 5.80. The van der Waals surface area contributed by atoms with Crippen LogP contribution in [0.4, 0.5) is 11.6 Å². The number of thioether (sulfide) groups is 1. The van der Waals surface area contributed by atoms with Gasteiger partial charge in [0.05, 0.1) is 11.5 Å². The van der Waals surface area contributed by atoms with Crippen LogP contribution in [0.3, 0.4) is 0 Å². The minimum atomic E-state index is -0.173. The zero-order valence-corrected chi connectivity index (χ0v) is 15.9. The first kappa shape index (κ1) is 18.9. The van der Waals surface area contributed by atoms with Crippen LogP contribution in [-0.2, 0) is 4.79 Å². The summed E-state index contributed by atoms with van der Waals surface area (Å²) in [6.07, 6.45) is 3.40. The van der Waals surface area contributed by atoms with Crippen LogP contribution >= 0.6 is 23.4 Å². The van der Waals surface area contributed by atoms with E-state index in [1.807, 2.05) is 19.1 Å². The maximum atomic E-state index is 12.0. The highest BCUT2D eigenvalue weighted by molar-refractivity contribution is 7.99. The second-order valence-corrected chi connectivity index (χ2v) is 6.74. The van der Waals surface area contributed by atoms with E-state index in [1.54, 1.807) is 36.7 Å². The number of hydrazone groups is 1. The van der Waals surface area contributed by atoms with Crippen molar-refractivity contribution in [3.8, 4) is 0 Å². The summed E-state index contributed by atoms with van der Waals surface area (Å²) in [7, 11) is 0. The lowest BCUT2D eigenvalue weighted by atomic mass is 10.2. The predicted octanol–water partition coefficient (Wildman–Crippen LogP) is 3.42. The van der Waals surface area contributed by atoms with E-state index < -0.39 is 0 Å². The lowest BCUT2D eigenvalue weighted by Gasteiger charge is -2.04. The molecule has 0 spiro atoms. The first-order chi connectivity index (χ1) is 13.1. The van der Waals surface area contributed by atoms with E-state index in [2.05, 4.69) is 36.0 Å². The Morgan fingerprint density at radius 1 is 1.30 bits per heavy atom. The van der Waals surface area contributed by atoms with Gasteiger partial charge in [0.25, 0.3) is 0 Å². The van der Waals surface area contributed by atoms with Crippen LogP contribution in [0.15, 0.2) is 59.0 Å². The predicted molar refractivity (Wildman–Crippen MR) is 107 cm³/mol. The molecule has 0 bridgehead atoms. The highest BCUT2D eigenvalue weighted by Crippen LogP contribution is 2.17. The summed E-state index contributed by atoms with van der Waals surface area (Å²) in [5, 5.41) is 14.8. The Bertz CT molecular complexity index is 945. The number of nitrogens with one attached hydrogen (secondary N) is 3. The number of benzene rings is 1. The number of anilines is 2. The van der Waals surface area contributed by atoms with Gasteiger partial charge in [-0.25, -0.2) is 10.5 Å². The van der Waals surface area contributed by atoms with Gasteiger partial charge in [-0.3, -0.25) is 9.78 Å². The lowest BCUT2D eigenvalue weighted by molar-refractivity contribution is -0.113. The molecule has 0 saturated carbocycles. The van der Waals surface area contributed by atoms with Gasteiger partial charge in [-0.05, 0) is 37.3 Å². The van der Waals surface area contributed by atoms with Crippen LogP contribution in [0.25, 0.3) is 0 Å². The molecule has 2 aromatic heterocycles. The number of carbonyl (C=O) groups is 1. The van der Waals surface area contributed by atoms with Crippen molar-refractivity contribution < 1.29 is 4.79 Å². The number of rotatable bonds is 7. The van der Waals surface area contributed by atoms with Crippen molar-refractivity contribution in [2.45, 2.75) is 12.1 Å². The molecule has 138 valence electrons. The summed E-state index contributed by atoms with van der Waals surface area (Å²) in [5.41, 5.74) is 5.18. The van der Waals surface area contributed by atoms with E-state index in [0.717, 1.165) is 11.3 Å². The van der Waals surface area contributed by atoms with E-state index in [9.17, 15) is 4.79 Å². The molecule has 0 unspecified atom stereocenters. The molecule has 1 amide bonds. The van der Waals surface area contributed by atoms with Crippen LogP contribution in [0, 0.1) is 0 Å². The first-order valence-corrected chi connectivity index (χ1v) is 9.28. The molecule has 0 saturated heterocycles. The summed E-state index contributed by atoms with van der Waals surface area (Å²) in [5.74, 6) is 0.387. The quantitative estimate of drug-likeness (QED) is 0.318. The maximum Gasteiger partial charge on any atom is 0.240 e. The fraction of sp³-hybridized carbons (Fsp3) is 0.118. The van der Waals surface area contributed by atoms with Gasteiger partial charge in [-0.15, -0.1) is 5.10 Å². The van der Waals surface area contributed by atoms with Crippen molar-refractivity contribution in [2.24, 2.45) is 5.10 Å². The SMILES string of the molecule is C/C(=N\Nc1nc(SCC(=O)Nc2cccc(Cl)c2)n[nH]1)c1ccncc1. The summed E-state index contributed by atoms with van der Waals surface area (Å²) in [6.45, 7) is 1.87. The molecule has 0 atom stereocenters. The summed E-state index contributed by atoms with van der Waals surface area (Å²) >= 11 is 7.10. The first-order valence-electron chi connectivity index (χ1n) is 7.91. The van der Waals surface area contributed by atoms with Crippen molar-refractivity contribution in [3.05, 3.63) is 59.4 Å². The van der Waals surface area contributed by atoms with Gasteiger partial charge >= 0.3 is 0 Å². The van der Waals surface area contributed by atoms with Crippen molar-refractivity contribution in [2.75, 3.05) is 16.5 Å². The van der Waals surface area contributed by atoms with E-state index >= 15 is 0 Å². The Kier molecular flexibility index (Phi) is 6.39. The number of pyridine rings is 1. The molecule has 3 N–H and O–H groups in total. The van der Waals surface area contributed by atoms with Crippen LogP contribution in [0.5, 0.6) is 0 Å². The van der Waals surface area contributed by atoms with E-state index in [0.29, 0.717) is 21.8 Å². The van der Waals surface area contributed by atoms with Crippen LogP contribution < -0.4 is 10.7 Å². The number of aromatic nitrogens is 4. The Labute approximate surface area is 164 Å². The molecule has 2 heterocycles. The Balaban J connectivity index is 1.50. The number of carbonyl (C=O) groups excluding carboxylic acids is 1. The highest BCUT2D eigenvalue weighted by atomic mass is 35.5. The summed E-state index contributed by atoms with van der Waals surface area (Å²) < 4.78 is 0. The molecule has 0 aliphatic heterocycles. The molecule has 1 aromatic carbocycles. The molecule has 0 radical (unpaired) electrons. The van der Waals surface area contributed by atoms with Crippen LogP contribution in [0.1, 0.15) is 12.5 Å². The van der Waals surface area contributed by atoms with E-state index in [-0.39, 0.29) is 11.7 Å². The fourth-order valence-corrected chi connectivity index (χ4v) is 2.84. The average molecular weight is 402 g/mol. The van der Waals surface area contributed by atoms with Gasteiger partial charge in [-0.2, -0.15) is 10.1 Å². The van der Waals surface area contributed by atoms with E-state index in [1.165, 1.54) is 11.8 Å². The Morgan fingerprint density at radius 2 is 2.11 bits per heavy atom. The number of hydrogen-bond donors (Lipinski definition) is 3. The van der Waals surface area contributed by atoms with Crippen LogP contribution in [0.2, 0.25) is 5.02 Å². The summed E-state index contributed by atoms with van der Waals surface area (Å²) in [6, 6.07) is 10.7. The van der Waals surface area contributed by atoms with Crippen molar-refractivity contribution in [3.63, 3.8) is 0 Å². The third-order valence-electron chi connectivity index (χ3n) is 3.33. The van der Waals surface area contributed by atoms with Crippen LogP contribution in [-0.4, -0.2) is 37.5 Å². The monoisotopic (exact) mass is 401 g/mol. The third-order valence-corrected chi connectivity index (χ3v) is 4.42. The molecule has 10 heteroatoms. The maximum absolute atomic E-state index is 12.0. The van der Waals surface area contributed by atoms with Gasteiger partial charge in [-0.1, -0.05) is 29.4 Å². The molecule has 3 aromatic rings. The number of amides is 1.